The number of methoxy groups -OCH3 is 1. The smallest absolute Gasteiger partial charge is 0.119 e. The Morgan fingerprint density at radius 1 is 1.00 bits per heavy atom. The molecule has 0 atom stereocenters. The van der Waals surface area contributed by atoms with Crippen molar-refractivity contribution in [3.05, 3.63) is 60.3 Å². The highest BCUT2D eigenvalue weighted by Crippen LogP contribution is 2.22. The van der Waals surface area contributed by atoms with Crippen molar-refractivity contribution < 1.29 is 9.47 Å². The standard InChI is InChI=1S/C19H22N2O2/c1-22-16-6-8-17(9-7-16)23-13-12-21-14-15(10-11-20)18-4-2-3-5-19(18)21/h2-9,14H,10-13,20H2,1H3. The van der Waals surface area contributed by atoms with Crippen molar-refractivity contribution in [1.82, 2.24) is 4.57 Å². The molecule has 3 rings (SSSR count). The zero-order valence-electron chi connectivity index (χ0n) is 13.4. The van der Waals surface area contributed by atoms with Gasteiger partial charge in [0.05, 0.1) is 13.7 Å². The van der Waals surface area contributed by atoms with Crippen molar-refractivity contribution in [2.24, 2.45) is 5.73 Å². The van der Waals surface area contributed by atoms with Crippen LogP contribution in [0.5, 0.6) is 11.5 Å². The maximum absolute atomic E-state index is 5.83. The summed E-state index contributed by atoms with van der Waals surface area (Å²) in [5, 5.41) is 1.28. The Morgan fingerprint density at radius 3 is 2.48 bits per heavy atom. The van der Waals surface area contributed by atoms with E-state index in [0.29, 0.717) is 13.2 Å². The predicted molar refractivity (Wildman–Crippen MR) is 93.2 cm³/mol. The molecule has 0 unspecified atom stereocenters. The molecule has 0 aliphatic carbocycles. The summed E-state index contributed by atoms with van der Waals surface area (Å²) in [4.78, 5) is 0. The van der Waals surface area contributed by atoms with E-state index in [1.54, 1.807) is 7.11 Å². The molecule has 2 N–H and O–H groups in total. The van der Waals surface area contributed by atoms with Gasteiger partial charge in [-0.05, 0) is 48.9 Å². The van der Waals surface area contributed by atoms with E-state index in [1.807, 2.05) is 24.3 Å². The number of hydrogen-bond donors (Lipinski definition) is 1. The number of benzene rings is 2. The van der Waals surface area contributed by atoms with Crippen LogP contribution in [0.15, 0.2) is 54.7 Å². The Morgan fingerprint density at radius 2 is 1.74 bits per heavy atom. The minimum absolute atomic E-state index is 0.618. The molecule has 0 aliphatic rings. The van der Waals surface area contributed by atoms with Crippen molar-refractivity contribution in [3.63, 3.8) is 0 Å². The van der Waals surface area contributed by atoms with Crippen LogP contribution in [-0.2, 0) is 13.0 Å². The number of nitrogens with two attached hydrogens (primary N) is 1. The molecule has 0 bridgehead atoms. The average Bonchev–Trinajstić information content (AvgIpc) is 2.94. The summed E-state index contributed by atoms with van der Waals surface area (Å²) < 4.78 is 13.2. The van der Waals surface area contributed by atoms with Gasteiger partial charge < -0.3 is 19.8 Å². The first kappa shape index (κ1) is 15.4. The molecule has 0 radical (unpaired) electrons. The van der Waals surface area contributed by atoms with E-state index in [1.165, 1.54) is 16.5 Å². The lowest BCUT2D eigenvalue weighted by Gasteiger charge is -2.09. The van der Waals surface area contributed by atoms with Crippen LogP contribution in [0.1, 0.15) is 5.56 Å². The molecular weight excluding hydrogens is 288 g/mol. The van der Waals surface area contributed by atoms with E-state index in [9.17, 15) is 0 Å². The fourth-order valence-corrected chi connectivity index (χ4v) is 2.80. The van der Waals surface area contributed by atoms with Gasteiger partial charge in [-0.25, -0.2) is 0 Å². The van der Waals surface area contributed by atoms with Gasteiger partial charge in [-0.15, -0.1) is 0 Å². The van der Waals surface area contributed by atoms with Crippen LogP contribution >= 0.6 is 0 Å². The van der Waals surface area contributed by atoms with E-state index >= 15 is 0 Å². The summed E-state index contributed by atoms with van der Waals surface area (Å²) in [5.41, 5.74) is 8.25. The first-order chi connectivity index (χ1) is 11.3. The van der Waals surface area contributed by atoms with Crippen molar-refractivity contribution in [1.29, 1.82) is 0 Å². The minimum atomic E-state index is 0.618. The lowest BCUT2D eigenvalue weighted by atomic mass is 10.1. The maximum Gasteiger partial charge on any atom is 0.119 e. The van der Waals surface area contributed by atoms with E-state index in [4.69, 9.17) is 15.2 Å². The van der Waals surface area contributed by atoms with Gasteiger partial charge >= 0.3 is 0 Å². The number of fused-ring (bicyclic) bond motifs is 1. The van der Waals surface area contributed by atoms with Crippen molar-refractivity contribution in [2.45, 2.75) is 13.0 Å². The Labute approximate surface area is 136 Å². The Kier molecular flexibility index (Phi) is 4.83. The van der Waals surface area contributed by atoms with Crippen LogP contribution in [0.2, 0.25) is 0 Å². The second-order valence-corrected chi connectivity index (χ2v) is 5.43. The summed E-state index contributed by atoms with van der Waals surface area (Å²) >= 11 is 0. The van der Waals surface area contributed by atoms with Crippen LogP contribution in [-0.4, -0.2) is 24.8 Å². The summed E-state index contributed by atoms with van der Waals surface area (Å²) in [7, 11) is 1.66. The average molecular weight is 310 g/mol. The number of aromatic nitrogens is 1. The first-order valence-electron chi connectivity index (χ1n) is 7.85. The zero-order chi connectivity index (χ0) is 16.1. The number of rotatable bonds is 7. The number of hydrogen-bond acceptors (Lipinski definition) is 3. The molecule has 3 aromatic rings. The highest BCUT2D eigenvalue weighted by Gasteiger charge is 2.07. The largest absolute Gasteiger partial charge is 0.497 e. The number of nitrogens with zero attached hydrogens (tertiary/aromatic N) is 1. The molecular formula is C19H22N2O2. The third kappa shape index (κ3) is 3.48. The third-order valence-electron chi connectivity index (χ3n) is 3.95. The van der Waals surface area contributed by atoms with E-state index in [2.05, 4.69) is 35.0 Å². The second kappa shape index (κ2) is 7.20. The molecule has 120 valence electrons. The van der Waals surface area contributed by atoms with Crippen molar-refractivity contribution >= 4 is 10.9 Å². The van der Waals surface area contributed by atoms with Crippen molar-refractivity contribution in [2.75, 3.05) is 20.3 Å². The van der Waals surface area contributed by atoms with E-state index in [-0.39, 0.29) is 0 Å². The van der Waals surface area contributed by atoms with Gasteiger partial charge in [0, 0.05) is 17.1 Å². The highest BCUT2D eigenvalue weighted by atomic mass is 16.5. The van der Waals surface area contributed by atoms with Crippen LogP contribution < -0.4 is 15.2 Å². The quantitative estimate of drug-likeness (QED) is 0.729. The molecule has 1 heterocycles. The topological polar surface area (TPSA) is 49.4 Å². The van der Waals surface area contributed by atoms with Crippen LogP contribution in [0.4, 0.5) is 0 Å². The van der Waals surface area contributed by atoms with Gasteiger partial charge in [0.2, 0.25) is 0 Å². The monoisotopic (exact) mass is 310 g/mol. The molecule has 0 fully saturated rings. The molecule has 1 aromatic heterocycles. The second-order valence-electron chi connectivity index (χ2n) is 5.43. The maximum atomic E-state index is 5.83. The molecule has 0 saturated carbocycles. The van der Waals surface area contributed by atoms with E-state index < -0.39 is 0 Å². The summed E-state index contributed by atoms with van der Waals surface area (Å²) in [5.74, 6) is 1.68. The van der Waals surface area contributed by atoms with Crippen LogP contribution in [0.25, 0.3) is 10.9 Å². The molecule has 0 saturated heterocycles. The normalized spacial score (nSPS) is 10.9. The third-order valence-corrected chi connectivity index (χ3v) is 3.95. The van der Waals surface area contributed by atoms with Gasteiger partial charge in [0.1, 0.15) is 18.1 Å². The molecule has 23 heavy (non-hydrogen) atoms. The highest BCUT2D eigenvalue weighted by molar-refractivity contribution is 5.84. The van der Waals surface area contributed by atoms with Gasteiger partial charge in [-0.2, -0.15) is 0 Å². The van der Waals surface area contributed by atoms with Gasteiger partial charge in [-0.3, -0.25) is 0 Å². The molecule has 4 nitrogen and oxygen atoms in total. The lowest BCUT2D eigenvalue weighted by molar-refractivity contribution is 0.299. The fourth-order valence-electron chi connectivity index (χ4n) is 2.80. The molecule has 0 amide bonds. The Bertz CT molecular complexity index is 763. The Hall–Kier alpha value is -2.46. The van der Waals surface area contributed by atoms with Gasteiger partial charge in [0.25, 0.3) is 0 Å². The molecule has 0 spiro atoms. The summed E-state index contributed by atoms with van der Waals surface area (Å²) in [6, 6.07) is 16.1. The van der Waals surface area contributed by atoms with Crippen LogP contribution in [0, 0.1) is 0 Å². The minimum Gasteiger partial charge on any atom is -0.497 e. The molecule has 0 aliphatic heterocycles. The van der Waals surface area contributed by atoms with Gasteiger partial charge in [0.15, 0.2) is 0 Å². The summed E-state index contributed by atoms with van der Waals surface area (Å²) in [6.07, 6.45) is 3.09. The lowest BCUT2D eigenvalue weighted by Crippen LogP contribution is -2.07. The Balaban J connectivity index is 1.69. The number of para-hydroxylation sites is 1. The number of ether oxygens (including phenoxy) is 2. The van der Waals surface area contributed by atoms with Crippen molar-refractivity contribution in [3.8, 4) is 11.5 Å². The zero-order valence-corrected chi connectivity index (χ0v) is 13.4. The first-order valence-corrected chi connectivity index (χ1v) is 7.85. The van der Waals surface area contributed by atoms with Crippen LogP contribution in [0.3, 0.4) is 0 Å². The van der Waals surface area contributed by atoms with Gasteiger partial charge in [-0.1, -0.05) is 18.2 Å². The SMILES string of the molecule is COc1ccc(OCCn2cc(CCN)c3ccccc32)cc1. The van der Waals surface area contributed by atoms with E-state index in [0.717, 1.165) is 24.5 Å². The molecule has 2 aromatic carbocycles. The predicted octanol–water partition coefficient (Wildman–Crippen LogP) is 3.23. The summed E-state index contributed by atoms with van der Waals surface area (Å²) in [6.45, 7) is 2.08. The fraction of sp³-hybridized carbons (Fsp3) is 0.263. The molecule has 4 heteroatoms.